The quantitative estimate of drug-likeness (QED) is 0.719. The molecule has 1 N–H and O–H groups in total. The van der Waals surface area contributed by atoms with Gasteiger partial charge in [-0.05, 0) is 32.4 Å². The molecule has 0 amide bonds. The maximum Gasteiger partial charge on any atom is 0.223 e. The van der Waals surface area contributed by atoms with E-state index in [1.54, 1.807) is 12.3 Å². The Hall–Kier alpha value is -1.29. The van der Waals surface area contributed by atoms with Crippen LogP contribution in [0, 0.1) is 0 Å². The van der Waals surface area contributed by atoms with Gasteiger partial charge < -0.3 is 9.67 Å². The molecule has 0 fully saturated rings. The summed E-state index contributed by atoms with van der Waals surface area (Å²) in [6.07, 6.45) is 7.29. The number of hydrogen-bond acceptors (Lipinski definition) is 3. The summed E-state index contributed by atoms with van der Waals surface area (Å²) in [5, 5.41) is 9.62. The molecule has 1 aromatic heterocycles. The summed E-state index contributed by atoms with van der Waals surface area (Å²) in [7, 11) is 0. The maximum atomic E-state index is 11.7. The summed E-state index contributed by atoms with van der Waals surface area (Å²) in [6, 6.07) is 1.59. The standard InChI is InChI=1S/C17H30N2O2/c1-4-7-10-18(11-8-5-2)13-15-12-16(20)17(21)14-19(15)9-6-3/h12,14,21H,4-11,13H2,1-3H3. The first-order valence-electron chi connectivity index (χ1n) is 8.27. The lowest BCUT2D eigenvalue weighted by molar-refractivity contribution is 0.249. The third-order valence-electron chi connectivity index (χ3n) is 3.70. The Labute approximate surface area is 128 Å². The van der Waals surface area contributed by atoms with Gasteiger partial charge in [0.25, 0.3) is 0 Å². The highest BCUT2D eigenvalue weighted by atomic mass is 16.3. The van der Waals surface area contributed by atoms with Crippen molar-refractivity contribution in [2.45, 2.75) is 66.0 Å². The van der Waals surface area contributed by atoms with Crippen molar-refractivity contribution < 1.29 is 5.11 Å². The number of rotatable bonds is 10. The minimum atomic E-state index is -0.275. The number of aromatic nitrogens is 1. The minimum Gasteiger partial charge on any atom is -0.503 e. The number of aromatic hydroxyl groups is 1. The normalized spacial score (nSPS) is 11.2. The van der Waals surface area contributed by atoms with E-state index >= 15 is 0 Å². The lowest BCUT2D eigenvalue weighted by atomic mass is 10.2. The molecular formula is C17H30N2O2. The van der Waals surface area contributed by atoms with Gasteiger partial charge in [0.05, 0.1) is 6.20 Å². The second kappa shape index (κ2) is 9.61. The molecule has 0 saturated carbocycles. The van der Waals surface area contributed by atoms with Crippen molar-refractivity contribution in [2.24, 2.45) is 0 Å². The third kappa shape index (κ3) is 5.92. The highest BCUT2D eigenvalue weighted by molar-refractivity contribution is 5.20. The van der Waals surface area contributed by atoms with Gasteiger partial charge in [-0.1, -0.05) is 33.6 Å². The Morgan fingerprint density at radius 2 is 1.71 bits per heavy atom. The number of hydrogen-bond donors (Lipinski definition) is 1. The van der Waals surface area contributed by atoms with E-state index < -0.39 is 0 Å². The van der Waals surface area contributed by atoms with Crippen LogP contribution in [0.5, 0.6) is 5.75 Å². The molecule has 0 radical (unpaired) electrons. The van der Waals surface area contributed by atoms with Crippen LogP contribution in [0.25, 0.3) is 0 Å². The Bertz CT molecular complexity index is 460. The molecule has 0 aliphatic carbocycles. The minimum absolute atomic E-state index is 0.152. The summed E-state index contributed by atoms with van der Waals surface area (Å²) in [6.45, 7) is 10.3. The van der Waals surface area contributed by atoms with Crippen LogP contribution in [0.1, 0.15) is 58.6 Å². The zero-order valence-corrected chi connectivity index (χ0v) is 13.8. The van der Waals surface area contributed by atoms with E-state index in [0.29, 0.717) is 0 Å². The SMILES string of the molecule is CCCCN(CCCC)Cc1cc(=O)c(O)cn1CCC. The fourth-order valence-corrected chi connectivity index (χ4v) is 2.45. The fourth-order valence-electron chi connectivity index (χ4n) is 2.45. The molecule has 0 unspecified atom stereocenters. The zero-order valence-electron chi connectivity index (χ0n) is 13.8. The Balaban J connectivity index is 2.89. The van der Waals surface area contributed by atoms with Gasteiger partial charge >= 0.3 is 0 Å². The third-order valence-corrected chi connectivity index (χ3v) is 3.70. The van der Waals surface area contributed by atoms with Crippen molar-refractivity contribution in [3.05, 3.63) is 28.2 Å². The average Bonchev–Trinajstić information content (AvgIpc) is 2.47. The summed E-state index contributed by atoms with van der Waals surface area (Å²) in [4.78, 5) is 14.1. The molecule has 4 nitrogen and oxygen atoms in total. The molecule has 0 aliphatic heterocycles. The highest BCUT2D eigenvalue weighted by Gasteiger charge is 2.10. The van der Waals surface area contributed by atoms with Crippen LogP contribution in [0.15, 0.2) is 17.1 Å². The van der Waals surface area contributed by atoms with Crippen molar-refractivity contribution in [1.82, 2.24) is 9.47 Å². The van der Waals surface area contributed by atoms with E-state index in [4.69, 9.17) is 0 Å². The lowest BCUT2D eigenvalue weighted by Crippen LogP contribution is -2.28. The van der Waals surface area contributed by atoms with Gasteiger partial charge in [0.2, 0.25) is 5.43 Å². The first-order valence-corrected chi connectivity index (χ1v) is 8.27. The van der Waals surface area contributed by atoms with Crippen LogP contribution in [-0.4, -0.2) is 27.7 Å². The first kappa shape index (κ1) is 17.8. The highest BCUT2D eigenvalue weighted by Crippen LogP contribution is 2.11. The van der Waals surface area contributed by atoms with E-state index in [-0.39, 0.29) is 11.2 Å². The number of nitrogens with zero attached hydrogens (tertiary/aromatic N) is 2. The fraction of sp³-hybridized carbons (Fsp3) is 0.706. The van der Waals surface area contributed by atoms with Gasteiger partial charge in [-0.2, -0.15) is 0 Å². The molecule has 4 heteroatoms. The second-order valence-corrected chi connectivity index (χ2v) is 5.69. The van der Waals surface area contributed by atoms with Gasteiger partial charge in [-0.25, -0.2) is 0 Å². The van der Waals surface area contributed by atoms with Gasteiger partial charge in [0.1, 0.15) is 0 Å². The van der Waals surface area contributed by atoms with Crippen LogP contribution in [-0.2, 0) is 13.1 Å². The molecule has 0 bridgehead atoms. The zero-order chi connectivity index (χ0) is 15.7. The summed E-state index contributed by atoms with van der Waals surface area (Å²) < 4.78 is 2.02. The van der Waals surface area contributed by atoms with Gasteiger partial charge in [-0.15, -0.1) is 0 Å². The Morgan fingerprint density at radius 1 is 1.10 bits per heavy atom. The van der Waals surface area contributed by atoms with E-state index in [9.17, 15) is 9.90 Å². The second-order valence-electron chi connectivity index (χ2n) is 5.69. The summed E-state index contributed by atoms with van der Waals surface area (Å²) in [5.41, 5.74) is 0.732. The Kier molecular flexibility index (Phi) is 8.13. The van der Waals surface area contributed by atoms with Crippen molar-refractivity contribution in [1.29, 1.82) is 0 Å². The molecular weight excluding hydrogens is 264 g/mol. The number of aryl methyl sites for hydroxylation is 1. The molecule has 0 aromatic carbocycles. The van der Waals surface area contributed by atoms with Crippen molar-refractivity contribution in [3.8, 4) is 5.75 Å². The average molecular weight is 294 g/mol. The predicted octanol–water partition coefficient (Wildman–Crippen LogP) is 3.37. The topological polar surface area (TPSA) is 45.5 Å². The number of unbranched alkanes of at least 4 members (excludes halogenated alkanes) is 2. The molecule has 1 rings (SSSR count). The first-order chi connectivity index (χ1) is 10.1. The molecule has 0 atom stereocenters. The largest absolute Gasteiger partial charge is 0.503 e. The molecule has 1 heterocycles. The number of pyridine rings is 1. The molecule has 0 aliphatic rings. The van der Waals surface area contributed by atoms with E-state index in [1.807, 2.05) is 4.57 Å². The van der Waals surface area contributed by atoms with Crippen LogP contribution in [0.4, 0.5) is 0 Å². The van der Waals surface area contributed by atoms with Crippen molar-refractivity contribution in [2.75, 3.05) is 13.1 Å². The van der Waals surface area contributed by atoms with Gasteiger partial charge in [-0.3, -0.25) is 9.69 Å². The van der Waals surface area contributed by atoms with Gasteiger partial charge in [0.15, 0.2) is 5.75 Å². The lowest BCUT2D eigenvalue weighted by Gasteiger charge is -2.24. The van der Waals surface area contributed by atoms with Crippen LogP contribution < -0.4 is 5.43 Å². The van der Waals surface area contributed by atoms with Gasteiger partial charge in [0, 0.05) is 24.8 Å². The maximum absolute atomic E-state index is 11.7. The van der Waals surface area contributed by atoms with E-state index in [2.05, 4.69) is 25.7 Å². The van der Waals surface area contributed by atoms with E-state index in [1.165, 1.54) is 25.7 Å². The molecule has 0 spiro atoms. The van der Waals surface area contributed by atoms with Crippen LogP contribution in [0.2, 0.25) is 0 Å². The Morgan fingerprint density at radius 3 is 2.24 bits per heavy atom. The predicted molar refractivity (Wildman–Crippen MR) is 87.8 cm³/mol. The molecule has 0 saturated heterocycles. The molecule has 1 aromatic rings. The van der Waals surface area contributed by atoms with Crippen LogP contribution in [0.3, 0.4) is 0 Å². The van der Waals surface area contributed by atoms with Crippen molar-refractivity contribution in [3.63, 3.8) is 0 Å². The molecule has 21 heavy (non-hydrogen) atoms. The molecule has 120 valence electrons. The van der Waals surface area contributed by atoms with E-state index in [0.717, 1.165) is 38.3 Å². The smallest absolute Gasteiger partial charge is 0.223 e. The van der Waals surface area contributed by atoms with Crippen molar-refractivity contribution >= 4 is 0 Å². The monoisotopic (exact) mass is 294 g/mol. The van der Waals surface area contributed by atoms with Crippen LogP contribution >= 0.6 is 0 Å². The summed E-state index contributed by atoms with van der Waals surface area (Å²) >= 11 is 0. The summed E-state index contributed by atoms with van der Waals surface area (Å²) in [5.74, 6) is -0.152.